The van der Waals surface area contributed by atoms with E-state index in [4.69, 9.17) is 4.42 Å². The Morgan fingerprint density at radius 1 is 1.09 bits per heavy atom. The van der Waals surface area contributed by atoms with Crippen molar-refractivity contribution < 1.29 is 32.0 Å². The molecule has 9 nitrogen and oxygen atoms in total. The molecular weight excluding hydrogens is 455 g/mol. The number of alkyl halides is 3. The average molecular weight is 479 g/mol. The molecule has 0 saturated carbocycles. The van der Waals surface area contributed by atoms with Crippen LogP contribution in [0.1, 0.15) is 18.2 Å². The van der Waals surface area contributed by atoms with E-state index in [-0.39, 0.29) is 18.9 Å². The number of rotatable bonds is 6. The second-order valence-corrected chi connectivity index (χ2v) is 8.39. The SMILES string of the molecule is CC1(c2ccco2)NC(=O)N(CN2CCN(CC(=O)Nc3ccccc3C(F)(F)F)CC2)C1=O. The van der Waals surface area contributed by atoms with E-state index in [0.29, 0.717) is 31.9 Å². The number of halogens is 3. The molecule has 2 fully saturated rings. The first-order valence-electron chi connectivity index (χ1n) is 10.7. The lowest BCUT2D eigenvalue weighted by Crippen LogP contribution is -2.52. The maximum absolute atomic E-state index is 13.1. The van der Waals surface area contributed by atoms with Gasteiger partial charge in [0.25, 0.3) is 5.91 Å². The van der Waals surface area contributed by atoms with Crippen molar-refractivity contribution in [1.82, 2.24) is 20.0 Å². The molecule has 0 radical (unpaired) electrons. The largest absolute Gasteiger partial charge is 0.466 e. The lowest BCUT2D eigenvalue weighted by atomic mass is 9.99. The van der Waals surface area contributed by atoms with Crippen molar-refractivity contribution in [2.24, 2.45) is 0 Å². The average Bonchev–Trinajstić information content (AvgIpc) is 3.39. The number of carbonyl (C=O) groups excluding carboxylic acids is 3. The van der Waals surface area contributed by atoms with Gasteiger partial charge in [0.05, 0.1) is 30.7 Å². The minimum Gasteiger partial charge on any atom is -0.466 e. The molecule has 2 aliphatic heterocycles. The van der Waals surface area contributed by atoms with E-state index >= 15 is 0 Å². The van der Waals surface area contributed by atoms with Crippen LogP contribution in [-0.4, -0.2) is 71.9 Å². The van der Waals surface area contributed by atoms with E-state index in [1.807, 2.05) is 4.90 Å². The van der Waals surface area contributed by atoms with Crippen molar-refractivity contribution in [1.29, 1.82) is 0 Å². The number of piperazine rings is 1. The van der Waals surface area contributed by atoms with Gasteiger partial charge in [-0.25, -0.2) is 9.69 Å². The van der Waals surface area contributed by atoms with Crippen LogP contribution in [0.5, 0.6) is 0 Å². The maximum Gasteiger partial charge on any atom is 0.418 e. The van der Waals surface area contributed by atoms with Crippen molar-refractivity contribution in [2.75, 3.05) is 44.7 Å². The second kappa shape index (κ2) is 9.11. The van der Waals surface area contributed by atoms with Gasteiger partial charge in [0, 0.05) is 26.2 Å². The van der Waals surface area contributed by atoms with Crippen LogP contribution >= 0.6 is 0 Å². The molecule has 0 spiro atoms. The molecule has 1 unspecified atom stereocenters. The molecule has 4 rings (SSSR count). The van der Waals surface area contributed by atoms with Gasteiger partial charge >= 0.3 is 12.2 Å². The normalized spacial score (nSPS) is 22.2. The van der Waals surface area contributed by atoms with Crippen molar-refractivity contribution in [3.8, 4) is 0 Å². The number of hydrogen-bond donors (Lipinski definition) is 2. The summed E-state index contributed by atoms with van der Waals surface area (Å²) in [6.07, 6.45) is -3.14. The summed E-state index contributed by atoms with van der Waals surface area (Å²) in [7, 11) is 0. The number of anilines is 1. The monoisotopic (exact) mass is 479 g/mol. The molecular formula is C22H24F3N5O4. The number of para-hydroxylation sites is 1. The molecule has 12 heteroatoms. The summed E-state index contributed by atoms with van der Waals surface area (Å²) < 4.78 is 44.7. The van der Waals surface area contributed by atoms with Crippen LogP contribution in [0.3, 0.4) is 0 Å². The highest BCUT2D eigenvalue weighted by Gasteiger charge is 2.51. The van der Waals surface area contributed by atoms with Gasteiger partial charge in [-0.05, 0) is 31.2 Å². The summed E-state index contributed by atoms with van der Waals surface area (Å²) >= 11 is 0. The Morgan fingerprint density at radius 3 is 2.41 bits per heavy atom. The fourth-order valence-electron chi connectivity index (χ4n) is 4.08. The fraction of sp³-hybridized carbons (Fsp3) is 0.409. The van der Waals surface area contributed by atoms with Gasteiger partial charge < -0.3 is 15.1 Å². The van der Waals surface area contributed by atoms with E-state index in [1.54, 1.807) is 24.0 Å². The Bertz CT molecular complexity index is 1070. The summed E-state index contributed by atoms with van der Waals surface area (Å²) in [6.45, 7) is 3.45. The van der Waals surface area contributed by atoms with Gasteiger partial charge in [-0.15, -0.1) is 0 Å². The van der Waals surface area contributed by atoms with Crippen LogP contribution in [0.2, 0.25) is 0 Å². The maximum atomic E-state index is 13.1. The molecule has 2 saturated heterocycles. The first-order chi connectivity index (χ1) is 16.1. The van der Waals surface area contributed by atoms with Gasteiger partial charge in [-0.3, -0.25) is 19.4 Å². The minimum atomic E-state index is -4.57. The molecule has 0 aliphatic carbocycles. The number of carbonyl (C=O) groups is 3. The smallest absolute Gasteiger partial charge is 0.418 e. The third-order valence-corrected chi connectivity index (χ3v) is 5.97. The molecule has 3 heterocycles. The minimum absolute atomic E-state index is 0.0697. The summed E-state index contributed by atoms with van der Waals surface area (Å²) in [6, 6.07) is 7.57. The predicted octanol–water partition coefficient (Wildman–Crippen LogP) is 2.28. The zero-order valence-corrected chi connectivity index (χ0v) is 18.4. The molecule has 0 bridgehead atoms. The lowest BCUT2D eigenvalue weighted by Gasteiger charge is -2.35. The van der Waals surface area contributed by atoms with E-state index in [0.717, 1.165) is 11.0 Å². The summed E-state index contributed by atoms with van der Waals surface area (Å²) in [5.74, 6) is -0.623. The summed E-state index contributed by atoms with van der Waals surface area (Å²) in [4.78, 5) is 42.5. The third kappa shape index (κ3) is 4.77. The highest BCUT2D eigenvalue weighted by Crippen LogP contribution is 2.34. The van der Waals surface area contributed by atoms with Gasteiger partial charge in [0.2, 0.25) is 5.91 Å². The number of benzene rings is 1. The second-order valence-electron chi connectivity index (χ2n) is 8.39. The van der Waals surface area contributed by atoms with E-state index in [1.165, 1.54) is 24.5 Å². The van der Waals surface area contributed by atoms with Crippen LogP contribution in [0.25, 0.3) is 0 Å². The molecule has 2 aliphatic rings. The van der Waals surface area contributed by atoms with Gasteiger partial charge in [-0.1, -0.05) is 12.1 Å². The fourth-order valence-corrected chi connectivity index (χ4v) is 4.08. The highest BCUT2D eigenvalue weighted by molar-refractivity contribution is 6.06. The number of nitrogens with zero attached hydrogens (tertiary/aromatic N) is 3. The van der Waals surface area contributed by atoms with Crippen LogP contribution in [0.15, 0.2) is 47.1 Å². The Labute approximate surface area is 193 Å². The molecule has 1 aromatic heterocycles. The third-order valence-electron chi connectivity index (χ3n) is 5.97. The van der Waals surface area contributed by atoms with Gasteiger partial charge in [-0.2, -0.15) is 13.2 Å². The zero-order chi connectivity index (χ0) is 24.5. The van der Waals surface area contributed by atoms with Crippen LogP contribution in [0.4, 0.5) is 23.7 Å². The first-order valence-corrected chi connectivity index (χ1v) is 10.7. The number of urea groups is 1. The molecule has 2 N–H and O–H groups in total. The van der Waals surface area contributed by atoms with E-state index in [9.17, 15) is 27.6 Å². The van der Waals surface area contributed by atoms with Crippen LogP contribution in [0, 0.1) is 0 Å². The Morgan fingerprint density at radius 2 is 1.76 bits per heavy atom. The molecule has 4 amide bonds. The first kappa shape index (κ1) is 23.8. The molecule has 2 aromatic rings. The zero-order valence-electron chi connectivity index (χ0n) is 18.4. The summed E-state index contributed by atoms with van der Waals surface area (Å²) in [5, 5.41) is 5.01. The van der Waals surface area contributed by atoms with Crippen LogP contribution < -0.4 is 10.6 Å². The van der Waals surface area contributed by atoms with Crippen molar-refractivity contribution in [3.63, 3.8) is 0 Å². The standard InChI is InChI=1S/C22H24F3N5O4/c1-21(17-7-4-12-34-17)19(32)30(20(33)27-21)14-29-10-8-28(9-11-29)13-18(31)26-16-6-3-2-5-15(16)22(23,24)25/h2-7,12H,8-11,13-14H2,1H3,(H,26,31)(H,27,33). The van der Waals surface area contributed by atoms with Crippen LogP contribution in [-0.2, 0) is 21.3 Å². The topological polar surface area (TPSA) is 98.1 Å². The quantitative estimate of drug-likeness (QED) is 0.617. The number of nitrogens with one attached hydrogen (secondary N) is 2. The predicted molar refractivity (Wildman–Crippen MR) is 114 cm³/mol. The lowest BCUT2D eigenvalue weighted by molar-refractivity contribution is -0.137. The van der Waals surface area contributed by atoms with Gasteiger partial charge in [0.1, 0.15) is 5.76 Å². The Hall–Kier alpha value is -3.38. The summed E-state index contributed by atoms with van der Waals surface area (Å²) in [5.41, 5.74) is -2.45. The molecule has 1 atom stereocenters. The van der Waals surface area contributed by atoms with Crippen molar-refractivity contribution in [2.45, 2.75) is 18.6 Å². The van der Waals surface area contributed by atoms with Crippen molar-refractivity contribution in [3.05, 3.63) is 54.0 Å². The van der Waals surface area contributed by atoms with E-state index < -0.39 is 35.1 Å². The number of hydrogen-bond acceptors (Lipinski definition) is 6. The Balaban J connectivity index is 1.29. The molecule has 1 aromatic carbocycles. The number of amides is 4. The Kier molecular flexibility index (Phi) is 6.36. The number of imide groups is 1. The molecule has 182 valence electrons. The number of furan rings is 1. The van der Waals surface area contributed by atoms with E-state index in [2.05, 4.69) is 10.6 Å². The highest BCUT2D eigenvalue weighted by atomic mass is 19.4. The van der Waals surface area contributed by atoms with Crippen molar-refractivity contribution >= 4 is 23.5 Å². The van der Waals surface area contributed by atoms with Gasteiger partial charge in [0.15, 0.2) is 5.54 Å². The molecule has 34 heavy (non-hydrogen) atoms.